The maximum absolute atomic E-state index is 13.0. The van der Waals surface area contributed by atoms with Gasteiger partial charge in [0.2, 0.25) is 12.5 Å². The van der Waals surface area contributed by atoms with E-state index in [1.807, 2.05) is 13.1 Å². The van der Waals surface area contributed by atoms with Gasteiger partial charge in [0.1, 0.15) is 11.7 Å². The van der Waals surface area contributed by atoms with Crippen molar-refractivity contribution in [1.82, 2.24) is 4.90 Å². The Balaban J connectivity index is 1.73. The third-order valence-electron chi connectivity index (χ3n) is 6.48. The van der Waals surface area contributed by atoms with Gasteiger partial charge in [0.25, 0.3) is 0 Å². The molecule has 5 rings (SSSR count). The third kappa shape index (κ3) is 2.74. The average molecular weight is 443 g/mol. The minimum absolute atomic E-state index is 0.0559. The molecule has 0 aromatic heterocycles. The van der Waals surface area contributed by atoms with Crippen LogP contribution in [0, 0.1) is 0 Å². The summed E-state index contributed by atoms with van der Waals surface area (Å²) in [5.74, 6) is 1.86. The van der Waals surface area contributed by atoms with E-state index in [-0.39, 0.29) is 19.4 Å². The molecule has 0 saturated heterocycles. The highest BCUT2D eigenvalue weighted by atomic mass is 16.7. The maximum atomic E-state index is 13.0. The molecular formula is C23H25NO8. The number of fused-ring (bicyclic) bond motifs is 3. The molecule has 3 heterocycles. The lowest BCUT2D eigenvalue weighted by molar-refractivity contribution is 0.00861. The first-order valence-electron chi connectivity index (χ1n) is 10.3. The van der Waals surface area contributed by atoms with E-state index < -0.39 is 12.1 Å². The third-order valence-corrected chi connectivity index (χ3v) is 6.48. The number of hydrogen-bond donors (Lipinski definition) is 1. The number of esters is 1. The second-order valence-corrected chi connectivity index (χ2v) is 7.89. The van der Waals surface area contributed by atoms with Crippen molar-refractivity contribution in [3.05, 3.63) is 39.9 Å². The molecule has 0 saturated carbocycles. The highest BCUT2D eigenvalue weighted by Crippen LogP contribution is 2.56. The fourth-order valence-electron chi connectivity index (χ4n) is 5.09. The average Bonchev–Trinajstić information content (AvgIpc) is 3.41. The van der Waals surface area contributed by atoms with Gasteiger partial charge < -0.3 is 33.5 Å². The van der Waals surface area contributed by atoms with Crippen LogP contribution in [-0.2, 0) is 17.8 Å². The van der Waals surface area contributed by atoms with Crippen LogP contribution in [0.3, 0.4) is 0 Å². The molecule has 170 valence electrons. The van der Waals surface area contributed by atoms with Crippen LogP contribution in [0.25, 0.3) is 0 Å². The molecule has 3 aliphatic heterocycles. The molecule has 2 aromatic rings. The Kier molecular flexibility index (Phi) is 5.02. The van der Waals surface area contributed by atoms with Gasteiger partial charge in [-0.05, 0) is 25.1 Å². The van der Waals surface area contributed by atoms with Crippen molar-refractivity contribution in [1.29, 1.82) is 0 Å². The molecule has 0 bridgehead atoms. The first-order valence-corrected chi connectivity index (χ1v) is 10.3. The molecule has 9 nitrogen and oxygen atoms in total. The number of rotatable bonds is 5. The first-order chi connectivity index (χ1) is 15.5. The minimum atomic E-state index is -0.609. The largest absolute Gasteiger partial charge is 0.493 e. The molecule has 0 radical (unpaired) electrons. The quantitative estimate of drug-likeness (QED) is 0.699. The Labute approximate surface area is 185 Å². The van der Waals surface area contributed by atoms with Crippen LogP contribution < -0.4 is 23.7 Å². The number of hydrogen-bond acceptors (Lipinski definition) is 9. The number of cyclic esters (lactones) is 1. The molecular weight excluding hydrogens is 418 g/mol. The van der Waals surface area contributed by atoms with Gasteiger partial charge in [-0.2, -0.15) is 0 Å². The molecule has 0 fully saturated rings. The normalized spacial score (nSPS) is 21.1. The molecule has 9 heteroatoms. The van der Waals surface area contributed by atoms with Crippen LogP contribution in [0.5, 0.6) is 28.7 Å². The van der Waals surface area contributed by atoms with E-state index >= 15 is 0 Å². The smallest absolute Gasteiger partial charge is 0.343 e. The van der Waals surface area contributed by atoms with Crippen LogP contribution in [0.1, 0.15) is 44.8 Å². The zero-order valence-corrected chi connectivity index (χ0v) is 18.4. The summed E-state index contributed by atoms with van der Waals surface area (Å²) in [7, 11) is 6.57. The van der Waals surface area contributed by atoms with E-state index in [9.17, 15) is 9.90 Å². The highest BCUT2D eigenvalue weighted by Gasteiger charge is 2.47. The van der Waals surface area contributed by atoms with Gasteiger partial charge in [-0.1, -0.05) is 6.07 Å². The van der Waals surface area contributed by atoms with E-state index in [0.29, 0.717) is 58.4 Å². The van der Waals surface area contributed by atoms with Gasteiger partial charge in [-0.15, -0.1) is 0 Å². The topological polar surface area (TPSA) is 95.9 Å². The summed E-state index contributed by atoms with van der Waals surface area (Å²) in [4.78, 5) is 15.1. The van der Waals surface area contributed by atoms with Gasteiger partial charge in [0.15, 0.2) is 23.0 Å². The lowest BCUT2D eigenvalue weighted by Gasteiger charge is -2.39. The van der Waals surface area contributed by atoms with E-state index in [1.165, 1.54) is 14.2 Å². The number of nitrogens with zero attached hydrogens (tertiary/aromatic N) is 1. The second kappa shape index (κ2) is 7.75. The number of carbonyl (C=O) groups is 1. The fourth-order valence-corrected chi connectivity index (χ4v) is 5.09. The summed E-state index contributed by atoms with van der Waals surface area (Å²) in [6, 6.07) is 3.24. The molecule has 2 aromatic carbocycles. The number of aliphatic hydroxyl groups is 1. The van der Waals surface area contributed by atoms with E-state index in [1.54, 1.807) is 13.2 Å². The summed E-state index contributed by atoms with van der Waals surface area (Å²) in [6.07, 6.45) is 0.0761. The summed E-state index contributed by atoms with van der Waals surface area (Å²) in [5.41, 5.74) is 3.52. The zero-order valence-electron chi connectivity index (χ0n) is 18.4. The number of likely N-dealkylation sites (N-methyl/N-ethyl adjacent to an activating group) is 1. The predicted molar refractivity (Wildman–Crippen MR) is 112 cm³/mol. The first kappa shape index (κ1) is 20.7. The number of methoxy groups -OCH3 is 3. The highest BCUT2D eigenvalue weighted by molar-refractivity contribution is 5.98. The molecule has 0 amide bonds. The van der Waals surface area contributed by atoms with Gasteiger partial charge in [-0.3, -0.25) is 4.90 Å². The van der Waals surface area contributed by atoms with Crippen molar-refractivity contribution in [3.8, 4) is 28.7 Å². The number of benzene rings is 2. The molecule has 0 unspecified atom stereocenters. The van der Waals surface area contributed by atoms with Crippen molar-refractivity contribution < 1.29 is 38.3 Å². The monoisotopic (exact) mass is 443 g/mol. The second-order valence-electron chi connectivity index (χ2n) is 7.89. The van der Waals surface area contributed by atoms with Gasteiger partial charge in [0.05, 0.1) is 34.0 Å². The summed E-state index contributed by atoms with van der Waals surface area (Å²) in [6.45, 7) is 0.561. The van der Waals surface area contributed by atoms with Crippen molar-refractivity contribution in [2.24, 2.45) is 0 Å². The maximum Gasteiger partial charge on any atom is 0.343 e. The Hall–Kier alpha value is -3.17. The summed E-state index contributed by atoms with van der Waals surface area (Å²) >= 11 is 0. The van der Waals surface area contributed by atoms with Crippen LogP contribution in [0.4, 0.5) is 0 Å². The van der Waals surface area contributed by atoms with Crippen LogP contribution >= 0.6 is 0 Å². The van der Waals surface area contributed by atoms with E-state index in [0.717, 1.165) is 11.1 Å². The van der Waals surface area contributed by atoms with Crippen molar-refractivity contribution >= 4 is 5.97 Å². The zero-order chi connectivity index (χ0) is 22.6. The van der Waals surface area contributed by atoms with Crippen molar-refractivity contribution in [3.63, 3.8) is 0 Å². The van der Waals surface area contributed by atoms with Crippen LogP contribution in [0.15, 0.2) is 12.1 Å². The Morgan fingerprint density at radius 3 is 2.53 bits per heavy atom. The minimum Gasteiger partial charge on any atom is -0.493 e. The number of ether oxygens (including phenoxy) is 6. The Bertz CT molecular complexity index is 1100. The Morgan fingerprint density at radius 2 is 1.84 bits per heavy atom. The summed E-state index contributed by atoms with van der Waals surface area (Å²) < 4.78 is 33.9. The van der Waals surface area contributed by atoms with Gasteiger partial charge in [0, 0.05) is 23.2 Å². The predicted octanol–water partition coefficient (Wildman–Crippen LogP) is 2.37. The van der Waals surface area contributed by atoms with E-state index in [4.69, 9.17) is 28.4 Å². The lowest BCUT2D eigenvalue weighted by Crippen LogP contribution is -2.37. The van der Waals surface area contributed by atoms with Crippen LogP contribution in [-0.4, -0.2) is 57.7 Å². The molecule has 32 heavy (non-hydrogen) atoms. The van der Waals surface area contributed by atoms with Crippen molar-refractivity contribution in [2.75, 3.05) is 41.7 Å². The number of aliphatic hydroxyl groups excluding tert-OH is 1. The van der Waals surface area contributed by atoms with Gasteiger partial charge >= 0.3 is 5.97 Å². The molecule has 0 aliphatic carbocycles. The van der Waals surface area contributed by atoms with Crippen LogP contribution in [0.2, 0.25) is 0 Å². The summed E-state index contributed by atoms with van der Waals surface area (Å²) in [5, 5.41) is 10.2. The van der Waals surface area contributed by atoms with E-state index in [2.05, 4.69) is 4.90 Å². The fraction of sp³-hybridized carbons (Fsp3) is 0.435. The molecule has 2 atom stereocenters. The molecule has 0 spiro atoms. The van der Waals surface area contributed by atoms with Gasteiger partial charge in [-0.25, -0.2) is 4.79 Å². The molecule has 1 N–H and O–H groups in total. The Morgan fingerprint density at radius 1 is 1.09 bits per heavy atom. The number of carbonyl (C=O) groups excluding carboxylic acids is 1. The standard InChI is InChI=1S/C23H25NO8/c1-24-8-7-11-13(9-25)19-22(31-10-30-19)21(29-4)15(11)17(24)18-12-5-6-14(27-2)20(28-3)16(12)23(26)32-18/h5-6,17-18,25H,7-10H2,1-4H3/t17-,18-/m1/s1. The SMILES string of the molecule is COc1ccc2c(c1OC)C(=O)O[C@H]2[C@H]1c2c(c(CO)c3c(c2OC)OCO3)CCN1C. The van der Waals surface area contributed by atoms with Crippen molar-refractivity contribution in [2.45, 2.75) is 25.2 Å². The molecule has 3 aliphatic rings. The lowest BCUT2D eigenvalue weighted by atomic mass is 9.83.